The molecule has 104 valence electrons. The standard InChI is InChI=1S/C13H21BrO4/c1-2-12(15)18-11(9-14)8-13(16)17-10-6-4-3-5-7-10/h10-11H,2-9H2,1H3. The van der Waals surface area contributed by atoms with Gasteiger partial charge in [-0.2, -0.15) is 0 Å². The van der Waals surface area contributed by atoms with Crippen LogP contribution in [0.1, 0.15) is 51.9 Å². The summed E-state index contributed by atoms with van der Waals surface area (Å²) >= 11 is 3.24. The predicted molar refractivity (Wildman–Crippen MR) is 71.5 cm³/mol. The van der Waals surface area contributed by atoms with Crippen molar-refractivity contribution in [2.75, 3.05) is 5.33 Å². The Morgan fingerprint density at radius 2 is 1.89 bits per heavy atom. The van der Waals surface area contributed by atoms with Crippen molar-refractivity contribution >= 4 is 27.9 Å². The Kier molecular flexibility index (Phi) is 7.32. The highest BCUT2D eigenvalue weighted by Gasteiger charge is 2.22. The average Bonchev–Trinajstić information content (AvgIpc) is 2.38. The molecule has 1 saturated carbocycles. The molecular weight excluding hydrogens is 300 g/mol. The molecule has 0 radical (unpaired) electrons. The van der Waals surface area contributed by atoms with Crippen molar-refractivity contribution in [3.8, 4) is 0 Å². The van der Waals surface area contributed by atoms with Crippen LogP contribution in [0.5, 0.6) is 0 Å². The van der Waals surface area contributed by atoms with E-state index in [4.69, 9.17) is 9.47 Å². The second-order valence-corrected chi connectivity index (χ2v) is 5.22. The quantitative estimate of drug-likeness (QED) is 0.557. The lowest BCUT2D eigenvalue weighted by molar-refractivity contribution is -0.157. The third kappa shape index (κ3) is 5.85. The summed E-state index contributed by atoms with van der Waals surface area (Å²) in [6.07, 6.45) is 5.49. The Hall–Kier alpha value is -0.580. The molecule has 1 aliphatic carbocycles. The van der Waals surface area contributed by atoms with Crippen LogP contribution in [0.25, 0.3) is 0 Å². The summed E-state index contributed by atoms with van der Waals surface area (Å²) in [5, 5.41) is 0.457. The fourth-order valence-electron chi connectivity index (χ4n) is 2.00. The van der Waals surface area contributed by atoms with Crippen molar-refractivity contribution in [3.63, 3.8) is 0 Å². The molecule has 0 aromatic rings. The van der Waals surface area contributed by atoms with E-state index < -0.39 is 6.10 Å². The molecule has 4 nitrogen and oxygen atoms in total. The molecule has 1 fully saturated rings. The van der Waals surface area contributed by atoms with E-state index in [0.717, 1.165) is 25.7 Å². The van der Waals surface area contributed by atoms with Crippen molar-refractivity contribution in [1.82, 2.24) is 0 Å². The highest BCUT2D eigenvalue weighted by molar-refractivity contribution is 9.09. The molecule has 0 aromatic heterocycles. The number of hydrogen-bond acceptors (Lipinski definition) is 4. The smallest absolute Gasteiger partial charge is 0.309 e. The van der Waals surface area contributed by atoms with E-state index in [0.29, 0.717) is 11.8 Å². The molecule has 18 heavy (non-hydrogen) atoms. The topological polar surface area (TPSA) is 52.6 Å². The largest absolute Gasteiger partial charge is 0.462 e. The lowest BCUT2D eigenvalue weighted by Gasteiger charge is -2.23. The number of halogens is 1. The Bertz CT molecular complexity index is 274. The summed E-state index contributed by atoms with van der Waals surface area (Å²) in [4.78, 5) is 22.9. The van der Waals surface area contributed by atoms with Gasteiger partial charge in [0.05, 0.1) is 6.42 Å². The lowest BCUT2D eigenvalue weighted by Crippen LogP contribution is -2.27. The number of carbonyl (C=O) groups is 2. The van der Waals surface area contributed by atoms with Gasteiger partial charge in [0.1, 0.15) is 12.2 Å². The van der Waals surface area contributed by atoms with Crippen LogP contribution in [-0.4, -0.2) is 29.5 Å². The van der Waals surface area contributed by atoms with Gasteiger partial charge >= 0.3 is 11.9 Å². The predicted octanol–water partition coefficient (Wildman–Crippen LogP) is 2.97. The van der Waals surface area contributed by atoms with E-state index in [2.05, 4.69) is 15.9 Å². The van der Waals surface area contributed by atoms with Crippen molar-refractivity contribution < 1.29 is 19.1 Å². The van der Waals surface area contributed by atoms with Crippen LogP contribution in [0, 0.1) is 0 Å². The number of alkyl halides is 1. The SMILES string of the molecule is CCC(=O)OC(CBr)CC(=O)OC1CCCCC1. The summed E-state index contributed by atoms with van der Waals surface area (Å²) in [5.41, 5.74) is 0. The molecule has 0 bridgehead atoms. The van der Waals surface area contributed by atoms with Crippen LogP contribution >= 0.6 is 15.9 Å². The normalized spacial score (nSPS) is 18.1. The van der Waals surface area contributed by atoms with Gasteiger partial charge in [-0.05, 0) is 25.7 Å². The molecule has 0 amide bonds. The summed E-state index contributed by atoms with van der Waals surface area (Å²) in [6, 6.07) is 0. The van der Waals surface area contributed by atoms with Gasteiger partial charge in [-0.15, -0.1) is 0 Å². The zero-order valence-electron chi connectivity index (χ0n) is 10.8. The minimum Gasteiger partial charge on any atom is -0.462 e. The molecule has 1 rings (SSSR count). The molecule has 0 spiro atoms. The highest BCUT2D eigenvalue weighted by Crippen LogP contribution is 2.21. The molecule has 1 aliphatic rings. The zero-order valence-corrected chi connectivity index (χ0v) is 12.4. The maximum Gasteiger partial charge on any atom is 0.309 e. The lowest BCUT2D eigenvalue weighted by atomic mass is 9.98. The number of esters is 2. The second kappa shape index (κ2) is 8.51. The van der Waals surface area contributed by atoms with Crippen LogP contribution in [0.2, 0.25) is 0 Å². The Balaban J connectivity index is 2.29. The minimum absolute atomic E-state index is 0.0594. The number of rotatable bonds is 6. The Labute approximate surface area is 117 Å². The van der Waals surface area contributed by atoms with E-state index in [-0.39, 0.29) is 24.5 Å². The maximum atomic E-state index is 11.7. The van der Waals surface area contributed by atoms with Gasteiger partial charge in [0, 0.05) is 11.8 Å². The average molecular weight is 321 g/mol. The van der Waals surface area contributed by atoms with Gasteiger partial charge in [0.15, 0.2) is 0 Å². The van der Waals surface area contributed by atoms with E-state index in [1.807, 2.05) is 0 Å². The van der Waals surface area contributed by atoms with E-state index in [1.165, 1.54) is 6.42 Å². The van der Waals surface area contributed by atoms with Crippen molar-refractivity contribution in [1.29, 1.82) is 0 Å². The summed E-state index contributed by atoms with van der Waals surface area (Å²) in [7, 11) is 0. The third-order valence-corrected chi connectivity index (χ3v) is 3.73. The molecule has 1 unspecified atom stereocenters. The van der Waals surface area contributed by atoms with E-state index >= 15 is 0 Å². The first-order chi connectivity index (χ1) is 8.65. The van der Waals surface area contributed by atoms with Crippen LogP contribution in [0.15, 0.2) is 0 Å². The molecule has 0 aromatic carbocycles. The highest BCUT2D eigenvalue weighted by atomic mass is 79.9. The first-order valence-corrected chi connectivity index (χ1v) is 7.72. The third-order valence-electron chi connectivity index (χ3n) is 3.00. The molecule has 0 N–H and O–H groups in total. The molecule has 0 saturated heterocycles. The summed E-state index contributed by atoms with van der Waals surface area (Å²) in [6.45, 7) is 1.73. The number of carbonyl (C=O) groups excluding carboxylic acids is 2. The first-order valence-electron chi connectivity index (χ1n) is 6.60. The van der Waals surface area contributed by atoms with Crippen molar-refractivity contribution in [2.45, 2.75) is 64.1 Å². The molecule has 0 heterocycles. The fourth-order valence-corrected chi connectivity index (χ4v) is 2.36. The van der Waals surface area contributed by atoms with Crippen LogP contribution in [0.4, 0.5) is 0 Å². The number of ether oxygens (including phenoxy) is 2. The zero-order chi connectivity index (χ0) is 13.4. The van der Waals surface area contributed by atoms with Gasteiger partial charge in [0.2, 0.25) is 0 Å². The van der Waals surface area contributed by atoms with Gasteiger partial charge in [-0.25, -0.2) is 0 Å². The van der Waals surface area contributed by atoms with E-state index in [9.17, 15) is 9.59 Å². The van der Waals surface area contributed by atoms with Gasteiger partial charge in [-0.1, -0.05) is 29.3 Å². The van der Waals surface area contributed by atoms with Gasteiger partial charge in [0.25, 0.3) is 0 Å². The minimum atomic E-state index is -0.423. The number of hydrogen-bond donors (Lipinski definition) is 0. The van der Waals surface area contributed by atoms with Crippen molar-refractivity contribution in [2.24, 2.45) is 0 Å². The van der Waals surface area contributed by atoms with Gasteiger partial charge < -0.3 is 9.47 Å². The molecular formula is C13H21BrO4. The summed E-state index contributed by atoms with van der Waals surface area (Å²) in [5.74, 6) is -0.555. The summed E-state index contributed by atoms with van der Waals surface area (Å²) < 4.78 is 10.5. The van der Waals surface area contributed by atoms with Crippen LogP contribution in [-0.2, 0) is 19.1 Å². The molecule has 0 aliphatic heterocycles. The Morgan fingerprint density at radius 1 is 1.22 bits per heavy atom. The first kappa shape index (κ1) is 15.5. The van der Waals surface area contributed by atoms with Crippen molar-refractivity contribution in [3.05, 3.63) is 0 Å². The molecule has 5 heteroatoms. The van der Waals surface area contributed by atoms with Crippen LogP contribution in [0.3, 0.4) is 0 Å². The maximum absolute atomic E-state index is 11.7. The second-order valence-electron chi connectivity index (χ2n) is 4.57. The van der Waals surface area contributed by atoms with Crippen LogP contribution < -0.4 is 0 Å². The van der Waals surface area contributed by atoms with Gasteiger partial charge in [-0.3, -0.25) is 9.59 Å². The fraction of sp³-hybridized carbons (Fsp3) is 0.846. The van der Waals surface area contributed by atoms with E-state index in [1.54, 1.807) is 6.92 Å². The Morgan fingerprint density at radius 3 is 2.44 bits per heavy atom. The monoisotopic (exact) mass is 320 g/mol. The molecule has 1 atom stereocenters.